The molecular weight excluding hydrogens is 248 g/mol. The van der Waals surface area contributed by atoms with Gasteiger partial charge in [-0.15, -0.1) is 0 Å². The maximum Gasteiger partial charge on any atom is 0.122 e. The van der Waals surface area contributed by atoms with Crippen molar-refractivity contribution in [3.8, 4) is 5.75 Å². The van der Waals surface area contributed by atoms with Crippen molar-refractivity contribution < 1.29 is 4.74 Å². The Hall–Kier alpha value is -1.06. The number of methoxy groups -OCH3 is 1. The Bertz CT molecular complexity index is 450. The second kappa shape index (κ2) is 6.15. The first-order valence-electron chi connectivity index (χ1n) is 7.76. The minimum atomic E-state index is 0.177. The summed E-state index contributed by atoms with van der Waals surface area (Å²) in [6.07, 6.45) is 3.48. The summed E-state index contributed by atoms with van der Waals surface area (Å²) in [5, 5.41) is 0. The molecule has 0 radical (unpaired) electrons. The Labute approximate surface area is 123 Å². The molecule has 0 aromatic heterocycles. The third kappa shape index (κ3) is 2.45. The van der Waals surface area contributed by atoms with Crippen LogP contribution in [0.4, 0.5) is 0 Å². The number of hydrogen-bond acceptors (Lipinski definition) is 3. The molecule has 0 bridgehead atoms. The van der Waals surface area contributed by atoms with Crippen LogP contribution in [0, 0.1) is 5.41 Å². The lowest BCUT2D eigenvalue weighted by Crippen LogP contribution is -2.42. The minimum Gasteiger partial charge on any atom is -0.496 e. The normalized spacial score (nSPS) is 23.9. The number of benzene rings is 1. The lowest BCUT2D eigenvalue weighted by Gasteiger charge is -2.41. The summed E-state index contributed by atoms with van der Waals surface area (Å²) in [6, 6.07) is 6.47. The van der Waals surface area contributed by atoms with Crippen LogP contribution in [0.2, 0.25) is 0 Å². The van der Waals surface area contributed by atoms with Crippen molar-refractivity contribution in [1.29, 1.82) is 0 Å². The number of nitrogens with two attached hydrogens (primary N) is 1. The van der Waals surface area contributed by atoms with E-state index in [0.29, 0.717) is 0 Å². The molecule has 1 aliphatic carbocycles. The van der Waals surface area contributed by atoms with Crippen LogP contribution in [0.25, 0.3) is 0 Å². The Morgan fingerprint density at radius 3 is 2.50 bits per heavy atom. The Morgan fingerprint density at radius 2 is 1.90 bits per heavy atom. The molecule has 1 atom stereocenters. The number of piperidine rings is 1. The van der Waals surface area contributed by atoms with E-state index in [-0.39, 0.29) is 11.5 Å². The third-order valence-corrected chi connectivity index (χ3v) is 4.90. The van der Waals surface area contributed by atoms with Gasteiger partial charge in [-0.3, -0.25) is 0 Å². The topological polar surface area (TPSA) is 38.5 Å². The van der Waals surface area contributed by atoms with Gasteiger partial charge in [-0.25, -0.2) is 0 Å². The highest BCUT2D eigenvalue weighted by atomic mass is 16.5. The molecule has 1 heterocycles. The number of ether oxygens (including phenoxy) is 1. The highest BCUT2D eigenvalue weighted by Crippen LogP contribution is 2.52. The van der Waals surface area contributed by atoms with E-state index in [2.05, 4.69) is 30.1 Å². The molecule has 0 amide bonds. The lowest BCUT2D eigenvalue weighted by molar-refractivity contribution is 0.105. The quantitative estimate of drug-likeness (QED) is 0.857. The van der Waals surface area contributed by atoms with E-state index in [0.717, 1.165) is 25.3 Å². The average Bonchev–Trinajstić information content (AvgIpc) is 2.78. The molecule has 3 heteroatoms. The summed E-state index contributed by atoms with van der Waals surface area (Å²) in [5.41, 5.74) is 9.47. The van der Waals surface area contributed by atoms with Crippen LogP contribution in [0.5, 0.6) is 5.75 Å². The summed E-state index contributed by atoms with van der Waals surface area (Å²) in [7, 11) is 3.95. The van der Waals surface area contributed by atoms with Crippen molar-refractivity contribution in [2.24, 2.45) is 11.1 Å². The van der Waals surface area contributed by atoms with Gasteiger partial charge < -0.3 is 15.4 Å². The van der Waals surface area contributed by atoms with Crippen LogP contribution in [0.1, 0.15) is 43.9 Å². The van der Waals surface area contributed by atoms with Gasteiger partial charge in [0.05, 0.1) is 7.11 Å². The molecule has 0 unspecified atom stereocenters. The van der Waals surface area contributed by atoms with E-state index in [1.165, 1.54) is 24.0 Å². The van der Waals surface area contributed by atoms with Crippen LogP contribution in [-0.2, 0) is 6.42 Å². The first-order valence-corrected chi connectivity index (χ1v) is 7.76. The second-order valence-corrected chi connectivity index (χ2v) is 5.85. The molecule has 1 spiro atoms. The first-order chi connectivity index (χ1) is 9.66. The standard InChI is InChI=1S/C15H22N2O.C2H6/c1-17-8-6-15(7-9-17)10-12-11(14(15)16)4-3-5-13(12)18-2;1-2/h3-5,14H,6-10,16H2,1-2H3;1-2H3/t14-;/m1./s1. The van der Waals surface area contributed by atoms with Crippen molar-refractivity contribution in [3.05, 3.63) is 29.3 Å². The molecule has 3 rings (SSSR count). The third-order valence-electron chi connectivity index (χ3n) is 4.90. The summed E-state index contributed by atoms with van der Waals surface area (Å²) in [4.78, 5) is 2.40. The number of rotatable bonds is 1. The molecule has 3 nitrogen and oxygen atoms in total. The summed E-state index contributed by atoms with van der Waals surface area (Å²) < 4.78 is 5.49. The summed E-state index contributed by atoms with van der Waals surface area (Å²) >= 11 is 0. The number of hydrogen-bond donors (Lipinski definition) is 1. The fourth-order valence-corrected chi connectivity index (χ4v) is 3.60. The first kappa shape index (κ1) is 15.3. The van der Waals surface area contributed by atoms with E-state index in [9.17, 15) is 0 Å². The van der Waals surface area contributed by atoms with Crippen LogP contribution < -0.4 is 10.5 Å². The molecule has 1 aliphatic heterocycles. The maximum absolute atomic E-state index is 6.55. The average molecular weight is 276 g/mol. The van der Waals surface area contributed by atoms with E-state index < -0.39 is 0 Å². The molecule has 2 N–H and O–H groups in total. The van der Waals surface area contributed by atoms with Gasteiger partial charge in [-0.2, -0.15) is 0 Å². The molecule has 112 valence electrons. The van der Waals surface area contributed by atoms with Gasteiger partial charge in [-0.1, -0.05) is 26.0 Å². The zero-order valence-electron chi connectivity index (χ0n) is 13.3. The highest BCUT2D eigenvalue weighted by Gasteiger charge is 2.46. The summed E-state index contributed by atoms with van der Waals surface area (Å²) in [6.45, 7) is 6.31. The molecule has 1 saturated heterocycles. The highest BCUT2D eigenvalue weighted by molar-refractivity contribution is 5.47. The van der Waals surface area contributed by atoms with Crippen LogP contribution in [-0.4, -0.2) is 32.1 Å². The van der Waals surface area contributed by atoms with Crippen LogP contribution in [0.15, 0.2) is 18.2 Å². The van der Waals surface area contributed by atoms with Crippen molar-refractivity contribution >= 4 is 0 Å². The van der Waals surface area contributed by atoms with Gasteiger partial charge in [0.25, 0.3) is 0 Å². The molecule has 20 heavy (non-hydrogen) atoms. The van der Waals surface area contributed by atoms with Gasteiger partial charge in [0, 0.05) is 6.04 Å². The molecule has 2 aliphatic rings. The lowest BCUT2D eigenvalue weighted by atomic mass is 9.73. The van der Waals surface area contributed by atoms with Crippen molar-refractivity contribution in [3.63, 3.8) is 0 Å². The van der Waals surface area contributed by atoms with Gasteiger partial charge in [0.1, 0.15) is 5.75 Å². The fourth-order valence-electron chi connectivity index (χ4n) is 3.60. The molecule has 1 aromatic rings. The Balaban J connectivity index is 0.000000704. The molecule has 1 fully saturated rings. The SMILES string of the molecule is CC.COc1cccc2c1CC1(CCN(C)CC1)[C@@H]2N. The van der Waals surface area contributed by atoms with Crippen LogP contribution >= 0.6 is 0 Å². The summed E-state index contributed by atoms with van der Waals surface area (Å²) in [5.74, 6) is 1.01. The molecule has 0 saturated carbocycles. The fraction of sp³-hybridized carbons (Fsp3) is 0.647. The van der Waals surface area contributed by atoms with Crippen molar-refractivity contribution in [2.45, 2.75) is 39.2 Å². The predicted molar refractivity (Wildman–Crippen MR) is 84.1 cm³/mol. The van der Waals surface area contributed by atoms with E-state index >= 15 is 0 Å². The van der Waals surface area contributed by atoms with Gasteiger partial charge in [0.2, 0.25) is 0 Å². The van der Waals surface area contributed by atoms with Gasteiger partial charge in [0.15, 0.2) is 0 Å². The van der Waals surface area contributed by atoms with Crippen LogP contribution in [0.3, 0.4) is 0 Å². The second-order valence-electron chi connectivity index (χ2n) is 5.85. The van der Waals surface area contributed by atoms with E-state index in [1.54, 1.807) is 7.11 Å². The van der Waals surface area contributed by atoms with E-state index in [1.807, 2.05) is 13.8 Å². The van der Waals surface area contributed by atoms with Crippen molar-refractivity contribution in [1.82, 2.24) is 4.90 Å². The van der Waals surface area contributed by atoms with Gasteiger partial charge >= 0.3 is 0 Å². The predicted octanol–water partition coefficient (Wildman–Crippen LogP) is 2.99. The maximum atomic E-state index is 6.55. The van der Waals surface area contributed by atoms with Crippen molar-refractivity contribution in [2.75, 3.05) is 27.2 Å². The zero-order chi connectivity index (χ0) is 14.8. The number of nitrogens with zero attached hydrogens (tertiary/aromatic N) is 1. The Morgan fingerprint density at radius 1 is 1.25 bits per heavy atom. The monoisotopic (exact) mass is 276 g/mol. The molecular formula is C17H28N2O. The van der Waals surface area contributed by atoms with Gasteiger partial charge in [-0.05, 0) is 62.0 Å². The largest absolute Gasteiger partial charge is 0.496 e. The number of likely N-dealkylation sites (tertiary alicyclic amines) is 1. The van der Waals surface area contributed by atoms with E-state index in [4.69, 9.17) is 10.5 Å². The minimum absolute atomic E-state index is 0.177. The Kier molecular flexibility index (Phi) is 4.71. The molecule has 1 aromatic carbocycles. The smallest absolute Gasteiger partial charge is 0.122 e. The zero-order valence-corrected chi connectivity index (χ0v) is 13.3. The number of fused-ring (bicyclic) bond motifs is 1.